The first kappa shape index (κ1) is 10.6. The summed E-state index contributed by atoms with van der Waals surface area (Å²) < 4.78 is 11.4. The molecule has 4 nitrogen and oxygen atoms in total. The molecule has 0 radical (unpaired) electrons. The van der Waals surface area contributed by atoms with Crippen LogP contribution in [-0.2, 0) is 14.3 Å². The molecule has 0 aromatic carbocycles. The maximum atomic E-state index is 11.6. The molecule has 0 aromatic heterocycles. The molecule has 2 fully saturated rings. The Kier molecular flexibility index (Phi) is 2.53. The highest BCUT2D eigenvalue weighted by molar-refractivity contribution is 5.83. The van der Waals surface area contributed by atoms with E-state index >= 15 is 0 Å². The molecule has 0 amide bonds. The van der Waals surface area contributed by atoms with E-state index in [9.17, 15) is 4.79 Å². The lowest BCUT2D eigenvalue weighted by Crippen LogP contribution is -2.29. The summed E-state index contributed by atoms with van der Waals surface area (Å²) in [4.78, 5) is 11.6. The van der Waals surface area contributed by atoms with Gasteiger partial charge in [0.05, 0.1) is 24.7 Å². The van der Waals surface area contributed by atoms with Gasteiger partial charge in [0.2, 0.25) is 0 Å². The SMILES string of the molecule is CC1(C)O[C@H]2[C@H](CC[C@H]2C(=O)CC#N)O1. The van der Waals surface area contributed by atoms with Crippen LogP contribution in [0.5, 0.6) is 0 Å². The summed E-state index contributed by atoms with van der Waals surface area (Å²) in [6.45, 7) is 3.72. The number of hydrogen-bond acceptors (Lipinski definition) is 4. The number of nitriles is 1. The molecule has 0 unspecified atom stereocenters. The molecule has 1 aliphatic carbocycles. The molecule has 1 saturated carbocycles. The van der Waals surface area contributed by atoms with Crippen LogP contribution in [0, 0.1) is 17.2 Å². The van der Waals surface area contributed by atoms with Crippen molar-refractivity contribution in [2.24, 2.45) is 5.92 Å². The van der Waals surface area contributed by atoms with Gasteiger partial charge in [-0.15, -0.1) is 0 Å². The highest BCUT2D eigenvalue weighted by Gasteiger charge is 2.50. The summed E-state index contributed by atoms with van der Waals surface area (Å²) in [5.41, 5.74) is 0. The van der Waals surface area contributed by atoms with Crippen LogP contribution in [0.1, 0.15) is 33.1 Å². The summed E-state index contributed by atoms with van der Waals surface area (Å²) in [6.07, 6.45) is 1.52. The van der Waals surface area contributed by atoms with Crippen molar-refractivity contribution in [1.82, 2.24) is 0 Å². The van der Waals surface area contributed by atoms with Crippen LogP contribution in [0.15, 0.2) is 0 Å². The molecule has 1 saturated heterocycles. The summed E-state index contributed by atoms with van der Waals surface area (Å²) in [5, 5.41) is 8.50. The summed E-state index contributed by atoms with van der Waals surface area (Å²) >= 11 is 0. The fraction of sp³-hybridized carbons (Fsp3) is 0.818. The number of fused-ring (bicyclic) bond motifs is 1. The van der Waals surface area contributed by atoms with Crippen molar-refractivity contribution in [3.05, 3.63) is 0 Å². The van der Waals surface area contributed by atoms with E-state index in [1.165, 1.54) is 0 Å². The van der Waals surface area contributed by atoms with Crippen LogP contribution >= 0.6 is 0 Å². The van der Waals surface area contributed by atoms with Crippen LogP contribution in [0.2, 0.25) is 0 Å². The van der Waals surface area contributed by atoms with Crippen LogP contribution in [0.4, 0.5) is 0 Å². The largest absolute Gasteiger partial charge is 0.345 e. The number of carbonyl (C=O) groups excluding carboxylic acids is 1. The average molecular weight is 209 g/mol. The lowest BCUT2D eigenvalue weighted by atomic mass is 9.98. The number of hydrogen-bond donors (Lipinski definition) is 0. The summed E-state index contributed by atoms with van der Waals surface area (Å²) in [7, 11) is 0. The molecule has 1 aliphatic heterocycles. The van der Waals surface area contributed by atoms with Gasteiger partial charge in [-0.25, -0.2) is 0 Å². The molecule has 2 aliphatic rings. The van der Waals surface area contributed by atoms with Crippen molar-refractivity contribution in [3.8, 4) is 6.07 Å². The minimum Gasteiger partial charge on any atom is -0.345 e. The first-order valence-electron chi connectivity index (χ1n) is 5.29. The second-order valence-corrected chi connectivity index (χ2v) is 4.62. The number of Topliss-reactive ketones (excluding diaryl/α,β-unsaturated/α-hetero) is 1. The third-order valence-corrected chi connectivity index (χ3v) is 3.05. The monoisotopic (exact) mass is 209 g/mol. The molecular weight excluding hydrogens is 194 g/mol. The molecule has 1 heterocycles. The molecule has 15 heavy (non-hydrogen) atoms. The summed E-state index contributed by atoms with van der Waals surface area (Å²) in [6, 6.07) is 1.90. The number of rotatable bonds is 2. The number of ether oxygens (including phenoxy) is 2. The van der Waals surface area contributed by atoms with Crippen LogP contribution in [-0.4, -0.2) is 23.8 Å². The van der Waals surface area contributed by atoms with Crippen molar-refractivity contribution in [3.63, 3.8) is 0 Å². The van der Waals surface area contributed by atoms with Gasteiger partial charge in [-0.2, -0.15) is 5.26 Å². The Labute approximate surface area is 89.2 Å². The Balaban J connectivity index is 2.06. The molecule has 0 spiro atoms. The van der Waals surface area contributed by atoms with E-state index in [2.05, 4.69) is 0 Å². The van der Waals surface area contributed by atoms with Crippen LogP contribution in [0.25, 0.3) is 0 Å². The normalized spacial score (nSPS) is 37.3. The van der Waals surface area contributed by atoms with Crippen molar-refractivity contribution in [2.45, 2.75) is 51.1 Å². The third kappa shape index (κ3) is 1.90. The third-order valence-electron chi connectivity index (χ3n) is 3.05. The minimum atomic E-state index is -0.582. The maximum absolute atomic E-state index is 11.6. The molecule has 0 bridgehead atoms. The van der Waals surface area contributed by atoms with Crippen molar-refractivity contribution in [1.29, 1.82) is 5.26 Å². The first-order valence-corrected chi connectivity index (χ1v) is 5.29. The van der Waals surface area contributed by atoms with E-state index in [4.69, 9.17) is 14.7 Å². The average Bonchev–Trinajstić information content (AvgIpc) is 2.59. The van der Waals surface area contributed by atoms with Gasteiger partial charge in [0.25, 0.3) is 0 Å². The number of carbonyl (C=O) groups is 1. The molecule has 0 aromatic rings. The maximum Gasteiger partial charge on any atom is 0.163 e. The fourth-order valence-electron chi connectivity index (χ4n) is 2.49. The fourth-order valence-corrected chi connectivity index (χ4v) is 2.49. The van der Waals surface area contributed by atoms with E-state index in [0.717, 1.165) is 12.8 Å². The second-order valence-electron chi connectivity index (χ2n) is 4.62. The quantitative estimate of drug-likeness (QED) is 0.689. The molecule has 3 atom stereocenters. The van der Waals surface area contributed by atoms with E-state index in [1.54, 1.807) is 0 Å². The van der Waals surface area contributed by atoms with Crippen molar-refractivity contribution in [2.75, 3.05) is 0 Å². The van der Waals surface area contributed by atoms with Gasteiger partial charge in [0.1, 0.15) is 0 Å². The van der Waals surface area contributed by atoms with Gasteiger partial charge in [-0.3, -0.25) is 4.79 Å². The van der Waals surface area contributed by atoms with Gasteiger partial charge in [0, 0.05) is 5.92 Å². The van der Waals surface area contributed by atoms with Gasteiger partial charge in [0.15, 0.2) is 11.6 Å². The highest BCUT2D eigenvalue weighted by Crippen LogP contribution is 2.41. The zero-order valence-corrected chi connectivity index (χ0v) is 9.03. The predicted molar refractivity (Wildman–Crippen MR) is 51.8 cm³/mol. The Hall–Kier alpha value is -0.920. The second kappa shape index (κ2) is 3.58. The van der Waals surface area contributed by atoms with Gasteiger partial charge in [-0.05, 0) is 26.7 Å². The first-order chi connectivity index (χ1) is 7.03. The number of nitrogens with zero attached hydrogens (tertiary/aromatic N) is 1. The van der Waals surface area contributed by atoms with Crippen molar-refractivity contribution >= 4 is 5.78 Å². The lowest BCUT2D eigenvalue weighted by Gasteiger charge is -2.20. The standard InChI is InChI=1S/C11H15NO3/c1-11(2)14-9-4-3-7(10(9)15-11)8(13)5-6-12/h7,9-10H,3-5H2,1-2H3/t7-,9-,10+/m0/s1. The minimum absolute atomic E-state index is 0.00806. The summed E-state index contributed by atoms with van der Waals surface area (Å²) in [5.74, 6) is -0.733. The van der Waals surface area contributed by atoms with Gasteiger partial charge >= 0.3 is 0 Å². The highest BCUT2D eigenvalue weighted by atomic mass is 16.8. The molecule has 82 valence electrons. The topological polar surface area (TPSA) is 59.3 Å². The molecule has 0 N–H and O–H groups in total. The zero-order chi connectivity index (χ0) is 11.1. The number of ketones is 1. The van der Waals surface area contributed by atoms with E-state index < -0.39 is 5.79 Å². The van der Waals surface area contributed by atoms with Gasteiger partial charge in [-0.1, -0.05) is 0 Å². The van der Waals surface area contributed by atoms with E-state index in [0.29, 0.717) is 0 Å². The Bertz CT molecular complexity index is 318. The Morgan fingerprint density at radius 3 is 2.87 bits per heavy atom. The Morgan fingerprint density at radius 2 is 2.20 bits per heavy atom. The van der Waals surface area contributed by atoms with Crippen LogP contribution in [0.3, 0.4) is 0 Å². The zero-order valence-electron chi connectivity index (χ0n) is 9.03. The van der Waals surface area contributed by atoms with Gasteiger partial charge < -0.3 is 9.47 Å². The van der Waals surface area contributed by atoms with Crippen LogP contribution < -0.4 is 0 Å². The van der Waals surface area contributed by atoms with E-state index in [-0.39, 0.29) is 30.3 Å². The van der Waals surface area contributed by atoms with Crippen molar-refractivity contribution < 1.29 is 14.3 Å². The smallest absolute Gasteiger partial charge is 0.163 e. The Morgan fingerprint density at radius 1 is 1.47 bits per heavy atom. The molecule has 2 rings (SSSR count). The molecular formula is C11H15NO3. The molecule has 4 heteroatoms. The van der Waals surface area contributed by atoms with E-state index in [1.807, 2.05) is 19.9 Å². The predicted octanol–water partition coefficient (Wildman–Crippen LogP) is 1.40. The lowest BCUT2D eigenvalue weighted by molar-refractivity contribution is -0.158.